The molecule has 0 amide bonds. The van der Waals surface area contributed by atoms with E-state index in [2.05, 4.69) is 27.9 Å². The van der Waals surface area contributed by atoms with E-state index in [1.54, 1.807) is 7.11 Å². The second kappa shape index (κ2) is 6.10. The molecule has 1 N–H and O–H groups in total. The summed E-state index contributed by atoms with van der Waals surface area (Å²) >= 11 is 0. The first-order valence-corrected chi connectivity index (χ1v) is 6.21. The molecule has 1 aromatic carbocycles. The average molecular weight is 245 g/mol. The molecule has 0 fully saturated rings. The van der Waals surface area contributed by atoms with Gasteiger partial charge in [-0.1, -0.05) is 19.1 Å². The van der Waals surface area contributed by atoms with E-state index in [0.717, 1.165) is 31.2 Å². The summed E-state index contributed by atoms with van der Waals surface area (Å²) in [5.41, 5.74) is 1.18. The molecule has 0 spiro atoms. The number of hydrogen-bond donors (Lipinski definition) is 1. The molecule has 0 aliphatic carbocycles. The number of hydrogen-bond acceptors (Lipinski definition) is 3. The molecule has 1 aromatic heterocycles. The summed E-state index contributed by atoms with van der Waals surface area (Å²) in [4.78, 5) is 4.31. The lowest BCUT2D eigenvalue weighted by atomic mass is 10.2. The Morgan fingerprint density at radius 1 is 1.39 bits per heavy atom. The number of aromatic nitrogens is 2. The lowest BCUT2D eigenvalue weighted by Gasteiger charge is -2.09. The van der Waals surface area contributed by atoms with Crippen LogP contribution >= 0.6 is 0 Å². The van der Waals surface area contributed by atoms with Crippen LogP contribution in [0.3, 0.4) is 0 Å². The van der Waals surface area contributed by atoms with E-state index in [1.165, 1.54) is 5.56 Å². The molecule has 0 unspecified atom stereocenters. The molecular formula is C14H19N3O. The van der Waals surface area contributed by atoms with Gasteiger partial charge in [0.2, 0.25) is 5.95 Å². The monoisotopic (exact) mass is 245 g/mol. The molecule has 0 bridgehead atoms. The van der Waals surface area contributed by atoms with Crippen molar-refractivity contribution in [2.45, 2.75) is 26.4 Å². The Morgan fingerprint density at radius 2 is 2.28 bits per heavy atom. The topological polar surface area (TPSA) is 39.1 Å². The molecule has 0 aliphatic heterocycles. The van der Waals surface area contributed by atoms with Gasteiger partial charge >= 0.3 is 0 Å². The first-order valence-electron chi connectivity index (χ1n) is 6.21. The number of nitrogens with one attached hydrogen (secondary N) is 1. The molecule has 4 heteroatoms. The Balaban J connectivity index is 1.99. The quantitative estimate of drug-likeness (QED) is 0.850. The van der Waals surface area contributed by atoms with Gasteiger partial charge in [0.05, 0.1) is 7.11 Å². The molecule has 18 heavy (non-hydrogen) atoms. The minimum atomic E-state index is 0.748. The van der Waals surface area contributed by atoms with E-state index in [4.69, 9.17) is 4.74 Å². The molecular weight excluding hydrogens is 226 g/mol. The molecule has 1 heterocycles. The van der Waals surface area contributed by atoms with Crippen molar-refractivity contribution in [3.05, 3.63) is 42.2 Å². The number of anilines is 1. The molecule has 0 saturated carbocycles. The zero-order chi connectivity index (χ0) is 12.8. The summed E-state index contributed by atoms with van der Waals surface area (Å²) in [6.45, 7) is 3.89. The highest BCUT2D eigenvalue weighted by Gasteiger charge is 2.01. The predicted molar refractivity (Wildman–Crippen MR) is 72.8 cm³/mol. The van der Waals surface area contributed by atoms with Crippen LogP contribution in [0.2, 0.25) is 0 Å². The average Bonchev–Trinajstić information content (AvgIpc) is 2.85. The smallest absolute Gasteiger partial charge is 0.203 e. The number of nitrogens with zero attached hydrogens (tertiary/aromatic N) is 2. The van der Waals surface area contributed by atoms with Crippen LogP contribution in [0.5, 0.6) is 5.75 Å². The summed E-state index contributed by atoms with van der Waals surface area (Å²) in [6, 6.07) is 8.04. The van der Waals surface area contributed by atoms with Crippen molar-refractivity contribution in [1.29, 1.82) is 0 Å². The summed E-state index contributed by atoms with van der Waals surface area (Å²) < 4.78 is 7.33. The number of benzene rings is 1. The Labute approximate surface area is 108 Å². The van der Waals surface area contributed by atoms with Crippen molar-refractivity contribution in [2.75, 3.05) is 12.4 Å². The Bertz CT molecular complexity index is 493. The SMILES string of the molecule is CCCn1ccnc1NCc1cccc(OC)c1. The maximum Gasteiger partial charge on any atom is 0.203 e. The van der Waals surface area contributed by atoms with Crippen molar-refractivity contribution >= 4 is 5.95 Å². The van der Waals surface area contributed by atoms with E-state index in [9.17, 15) is 0 Å². The third kappa shape index (κ3) is 3.03. The van der Waals surface area contributed by atoms with Crippen LogP contribution in [0.25, 0.3) is 0 Å². The Kier molecular flexibility index (Phi) is 4.23. The van der Waals surface area contributed by atoms with Crippen molar-refractivity contribution in [3.8, 4) is 5.75 Å². The van der Waals surface area contributed by atoms with E-state index < -0.39 is 0 Å². The highest BCUT2D eigenvalue weighted by atomic mass is 16.5. The summed E-state index contributed by atoms with van der Waals surface area (Å²) in [6.07, 6.45) is 4.92. The maximum absolute atomic E-state index is 5.21. The fraction of sp³-hybridized carbons (Fsp3) is 0.357. The molecule has 0 saturated heterocycles. The maximum atomic E-state index is 5.21. The van der Waals surface area contributed by atoms with Crippen LogP contribution in [0.15, 0.2) is 36.7 Å². The van der Waals surface area contributed by atoms with Gasteiger partial charge in [0.1, 0.15) is 5.75 Å². The lowest BCUT2D eigenvalue weighted by Crippen LogP contribution is -2.07. The number of rotatable bonds is 6. The number of aryl methyl sites for hydroxylation is 1. The van der Waals surface area contributed by atoms with E-state index in [1.807, 2.05) is 30.6 Å². The fourth-order valence-corrected chi connectivity index (χ4v) is 1.86. The van der Waals surface area contributed by atoms with Gasteiger partial charge in [0, 0.05) is 25.5 Å². The lowest BCUT2D eigenvalue weighted by molar-refractivity contribution is 0.414. The Morgan fingerprint density at radius 3 is 3.06 bits per heavy atom. The number of imidazole rings is 1. The normalized spacial score (nSPS) is 10.3. The minimum absolute atomic E-state index is 0.748. The second-order valence-corrected chi connectivity index (χ2v) is 4.15. The van der Waals surface area contributed by atoms with Crippen molar-refractivity contribution in [3.63, 3.8) is 0 Å². The molecule has 0 atom stereocenters. The van der Waals surface area contributed by atoms with Crippen LogP contribution in [-0.2, 0) is 13.1 Å². The summed E-state index contributed by atoms with van der Waals surface area (Å²) in [5.74, 6) is 1.80. The standard InChI is InChI=1S/C14H19N3O/c1-3-8-17-9-7-15-14(17)16-11-12-5-4-6-13(10-12)18-2/h4-7,9-10H,3,8,11H2,1-2H3,(H,15,16). The van der Waals surface area contributed by atoms with Crippen LogP contribution in [0.1, 0.15) is 18.9 Å². The Hall–Kier alpha value is -1.97. The van der Waals surface area contributed by atoms with Crippen LogP contribution in [0, 0.1) is 0 Å². The van der Waals surface area contributed by atoms with E-state index in [0.29, 0.717) is 0 Å². The molecule has 0 radical (unpaired) electrons. The molecule has 0 aliphatic rings. The van der Waals surface area contributed by atoms with Gasteiger partial charge in [-0.05, 0) is 24.1 Å². The molecule has 96 valence electrons. The highest BCUT2D eigenvalue weighted by Crippen LogP contribution is 2.14. The predicted octanol–water partition coefficient (Wildman–Crippen LogP) is 2.91. The second-order valence-electron chi connectivity index (χ2n) is 4.15. The third-order valence-electron chi connectivity index (χ3n) is 2.76. The van der Waals surface area contributed by atoms with E-state index >= 15 is 0 Å². The summed E-state index contributed by atoms with van der Waals surface area (Å²) in [7, 11) is 1.68. The highest BCUT2D eigenvalue weighted by molar-refractivity contribution is 5.33. The molecule has 2 aromatic rings. The van der Waals surface area contributed by atoms with E-state index in [-0.39, 0.29) is 0 Å². The third-order valence-corrected chi connectivity index (χ3v) is 2.76. The van der Waals surface area contributed by atoms with Crippen LogP contribution in [-0.4, -0.2) is 16.7 Å². The first-order chi connectivity index (χ1) is 8.83. The largest absolute Gasteiger partial charge is 0.497 e. The molecule has 2 rings (SSSR count). The van der Waals surface area contributed by atoms with Gasteiger partial charge in [-0.15, -0.1) is 0 Å². The van der Waals surface area contributed by atoms with Crippen molar-refractivity contribution < 1.29 is 4.74 Å². The van der Waals surface area contributed by atoms with Gasteiger partial charge in [0.25, 0.3) is 0 Å². The first kappa shape index (κ1) is 12.5. The van der Waals surface area contributed by atoms with Crippen LogP contribution < -0.4 is 10.1 Å². The number of methoxy groups -OCH3 is 1. The van der Waals surface area contributed by atoms with Gasteiger partial charge in [-0.25, -0.2) is 4.98 Å². The van der Waals surface area contributed by atoms with Gasteiger partial charge in [-0.2, -0.15) is 0 Å². The van der Waals surface area contributed by atoms with Gasteiger partial charge in [-0.3, -0.25) is 0 Å². The molecule has 4 nitrogen and oxygen atoms in total. The van der Waals surface area contributed by atoms with Crippen molar-refractivity contribution in [1.82, 2.24) is 9.55 Å². The zero-order valence-corrected chi connectivity index (χ0v) is 10.9. The number of ether oxygens (including phenoxy) is 1. The fourth-order valence-electron chi connectivity index (χ4n) is 1.86. The van der Waals surface area contributed by atoms with Crippen molar-refractivity contribution in [2.24, 2.45) is 0 Å². The van der Waals surface area contributed by atoms with Crippen LogP contribution in [0.4, 0.5) is 5.95 Å². The van der Waals surface area contributed by atoms with Gasteiger partial charge < -0.3 is 14.6 Å². The minimum Gasteiger partial charge on any atom is -0.497 e. The van der Waals surface area contributed by atoms with Gasteiger partial charge in [0.15, 0.2) is 0 Å². The zero-order valence-electron chi connectivity index (χ0n) is 10.9. The summed E-state index contributed by atoms with van der Waals surface area (Å²) in [5, 5.41) is 3.34.